The second-order valence-electron chi connectivity index (χ2n) is 5.38. The number of hydrogen-bond donors (Lipinski definition) is 0. The summed E-state index contributed by atoms with van der Waals surface area (Å²) in [7, 11) is 0. The zero-order valence-corrected chi connectivity index (χ0v) is 13.5. The van der Waals surface area contributed by atoms with Gasteiger partial charge in [-0.15, -0.1) is 0 Å². The maximum Gasteiger partial charge on any atom is 0.515 e. The van der Waals surface area contributed by atoms with Gasteiger partial charge in [0.1, 0.15) is 5.82 Å². The van der Waals surface area contributed by atoms with E-state index < -0.39 is 6.16 Å². The van der Waals surface area contributed by atoms with Gasteiger partial charge in [0.25, 0.3) is 0 Å². The van der Waals surface area contributed by atoms with Gasteiger partial charge in [-0.2, -0.15) is 0 Å². The van der Waals surface area contributed by atoms with Crippen molar-refractivity contribution in [3.05, 3.63) is 59.7 Å². The van der Waals surface area contributed by atoms with E-state index in [9.17, 15) is 9.18 Å². The molecule has 3 aromatic rings. The molecule has 0 aliphatic rings. The molecule has 0 saturated heterocycles. The number of aryl methyl sites for hydroxylation is 1. The molecule has 1 aromatic carbocycles. The lowest BCUT2D eigenvalue weighted by atomic mass is 10.2. The quantitative estimate of drug-likeness (QED) is 0.678. The maximum atomic E-state index is 13.5. The third-order valence-electron chi connectivity index (χ3n) is 3.57. The number of ether oxygens (including phenoxy) is 2. The number of fused-ring (bicyclic) bond motifs is 1. The normalized spacial score (nSPS) is 10.8. The highest BCUT2D eigenvalue weighted by Gasteiger charge is 2.15. The van der Waals surface area contributed by atoms with E-state index in [1.54, 1.807) is 29.8 Å². The van der Waals surface area contributed by atoms with Gasteiger partial charge in [0.2, 0.25) is 5.88 Å². The van der Waals surface area contributed by atoms with Crippen LogP contribution in [0.5, 0.6) is 5.88 Å². The highest BCUT2D eigenvalue weighted by molar-refractivity contribution is 5.83. The molecule has 0 atom stereocenters. The van der Waals surface area contributed by atoms with Crippen molar-refractivity contribution in [2.75, 3.05) is 6.61 Å². The molecule has 0 aliphatic heterocycles. The number of benzene rings is 1. The van der Waals surface area contributed by atoms with Crippen molar-refractivity contribution >= 4 is 17.1 Å². The van der Waals surface area contributed by atoms with Gasteiger partial charge in [-0.05, 0) is 43.7 Å². The Bertz CT molecular complexity index is 872. The fourth-order valence-electron chi connectivity index (χ4n) is 2.45. The standard InChI is InChI=1S/C18H17FN2O3/c1-3-23-18(22)24-17-9-13-8-14(19)5-7-16(13)21(17)11-15-6-4-12(2)10-20-15/h4-10H,3,11H2,1-2H3. The number of nitrogens with zero attached hydrogens (tertiary/aromatic N) is 2. The molecule has 0 N–H and O–H groups in total. The van der Waals surface area contributed by atoms with Gasteiger partial charge in [-0.3, -0.25) is 4.98 Å². The Balaban J connectivity index is 2.01. The van der Waals surface area contributed by atoms with Crippen molar-refractivity contribution in [1.82, 2.24) is 9.55 Å². The lowest BCUT2D eigenvalue weighted by molar-refractivity contribution is 0.101. The van der Waals surface area contributed by atoms with Crippen LogP contribution < -0.4 is 4.74 Å². The van der Waals surface area contributed by atoms with E-state index in [0.29, 0.717) is 11.9 Å². The van der Waals surface area contributed by atoms with Gasteiger partial charge in [0.15, 0.2) is 0 Å². The Labute approximate surface area is 138 Å². The van der Waals surface area contributed by atoms with E-state index in [0.717, 1.165) is 16.8 Å². The maximum absolute atomic E-state index is 13.5. The van der Waals surface area contributed by atoms with E-state index in [4.69, 9.17) is 9.47 Å². The molecule has 0 fully saturated rings. The van der Waals surface area contributed by atoms with Crippen LogP contribution in [-0.2, 0) is 11.3 Å². The lowest BCUT2D eigenvalue weighted by Gasteiger charge is -2.10. The van der Waals surface area contributed by atoms with E-state index in [1.165, 1.54) is 12.1 Å². The van der Waals surface area contributed by atoms with E-state index >= 15 is 0 Å². The lowest BCUT2D eigenvalue weighted by Crippen LogP contribution is -2.13. The topological polar surface area (TPSA) is 53.4 Å². The first kappa shape index (κ1) is 16.0. The second-order valence-corrected chi connectivity index (χ2v) is 5.38. The summed E-state index contributed by atoms with van der Waals surface area (Å²) in [6, 6.07) is 9.89. The van der Waals surface area contributed by atoms with Gasteiger partial charge in [0.05, 0.1) is 24.4 Å². The Morgan fingerprint density at radius 3 is 2.79 bits per heavy atom. The Morgan fingerprint density at radius 1 is 1.25 bits per heavy atom. The molecule has 0 amide bonds. The van der Waals surface area contributed by atoms with Crippen LogP contribution in [-0.4, -0.2) is 22.3 Å². The zero-order chi connectivity index (χ0) is 17.1. The zero-order valence-electron chi connectivity index (χ0n) is 13.5. The third kappa shape index (κ3) is 3.37. The predicted molar refractivity (Wildman–Crippen MR) is 87.6 cm³/mol. The van der Waals surface area contributed by atoms with E-state index in [2.05, 4.69) is 4.98 Å². The van der Waals surface area contributed by atoms with Crippen molar-refractivity contribution in [1.29, 1.82) is 0 Å². The number of aromatic nitrogens is 2. The molecule has 0 saturated carbocycles. The first-order valence-electron chi connectivity index (χ1n) is 7.61. The van der Waals surface area contributed by atoms with Crippen LogP contribution in [0.25, 0.3) is 10.9 Å². The fourth-order valence-corrected chi connectivity index (χ4v) is 2.45. The minimum absolute atomic E-state index is 0.215. The molecule has 0 unspecified atom stereocenters. The summed E-state index contributed by atoms with van der Waals surface area (Å²) in [5.41, 5.74) is 2.61. The summed E-state index contributed by atoms with van der Waals surface area (Å²) in [6.45, 7) is 4.26. The Kier molecular flexibility index (Phi) is 4.46. The second kappa shape index (κ2) is 6.70. The summed E-state index contributed by atoms with van der Waals surface area (Å²) in [5, 5.41) is 0.640. The molecule has 2 heterocycles. The summed E-state index contributed by atoms with van der Waals surface area (Å²) in [4.78, 5) is 16.0. The highest BCUT2D eigenvalue weighted by Crippen LogP contribution is 2.27. The third-order valence-corrected chi connectivity index (χ3v) is 3.57. The number of halogens is 1. The van der Waals surface area contributed by atoms with Crippen molar-refractivity contribution in [3.8, 4) is 5.88 Å². The molecule has 0 bridgehead atoms. The number of carbonyl (C=O) groups excluding carboxylic acids is 1. The Morgan fingerprint density at radius 2 is 2.08 bits per heavy atom. The monoisotopic (exact) mass is 328 g/mol. The average Bonchev–Trinajstić information content (AvgIpc) is 2.86. The molecule has 0 radical (unpaired) electrons. The van der Waals surface area contributed by atoms with Crippen LogP contribution in [0.2, 0.25) is 0 Å². The summed E-state index contributed by atoms with van der Waals surface area (Å²) < 4.78 is 25.3. The largest absolute Gasteiger partial charge is 0.515 e. The molecule has 3 rings (SSSR count). The fraction of sp³-hybridized carbons (Fsp3) is 0.222. The number of hydrogen-bond acceptors (Lipinski definition) is 4. The highest BCUT2D eigenvalue weighted by atomic mass is 19.1. The SMILES string of the molecule is CCOC(=O)Oc1cc2cc(F)ccc2n1Cc1ccc(C)cn1. The molecule has 6 heteroatoms. The molecular formula is C18H17FN2O3. The van der Waals surface area contributed by atoms with E-state index in [-0.39, 0.29) is 18.3 Å². The minimum atomic E-state index is -0.793. The molecule has 124 valence electrons. The number of rotatable bonds is 4. The average molecular weight is 328 g/mol. The molecule has 0 spiro atoms. The van der Waals surface area contributed by atoms with Gasteiger partial charge in [0, 0.05) is 17.6 Å². The summed E-state index contributed by atoms with van der Waals surface area (Å²) in [6.07, 6.45) is 0.978. The number of carbonyl (C=O) groups is 1. The summed E-state index contributed by atoms with van der Waals surface area (Å²) in [5.74, 6) is -0.0628. The van der Waals surface area contributed by atoms with Crippen LogP contribution in [0, 0.1) is 12.7 Å². The van der Waals surface area contributed by atoms with Gasteiger partial charge in [-0.25, -0.2) is 9.18 Å². The van der Waals surface area contributed by atoms with Crippen LogP contribution in [0.15, 0.2) is 42.6 Å². The van der Waals surface area contributed by atoms with Crippen molar-refractivity contribution in [2.24, 2.45) is 0 Å². The van der Waals surface area contributed by atoms with Crippen LogP contribution in [0.1, 0.15) is 18.2 Å². The first-order chi connectivity index (χ1) is 11.6. The molecule has 0 aliphatic carbocycles. The van der Waals surface area contributed by atoms with Crippen LogP contribution >= 0.6 is 0 Å². The predicted octanol–water partition coefficient (Wildman–Crippen LogP) is 4.07. The number of pyridine rings is 1. The van der Waals surface area contributed by atoms with Crippen molar-refractivity contribution in [2.45, 2.75) is 20.4 Å². The smallest absolute Gasteiger partial charge is 0.434 e. The molecule has 2 aromatic heterocycles. The van der Waals surface area contributed by atoms with Crippen LogP contribution in [0.4, 0.5) is 9.18 Å². The Hall–Kier alpha value is -2.89. The van der Waals surface area contributed by atoms with Crippen molar-refractivity contribution in [3.63, 3.8) is 0 Å². The van der Waals surface area contributed by atoms with E-state index in [1.807, 2.05) is 19.1 Å². The summed E-state index contributed by atoms with van der Waals surface area (Å²) >= 11 is 0. The molecule has 5 nitrogen and oxygen atoms in total. The molecular weight excluding hydrogens is 311 g/mol. The van der Waals surface area contributed by atoms with Crippen LogP contribution in [0.3, 0.4) is 0 Å². The van der Waals surface area contributed by atoms with Gasteiger partial charge < -0.3 is 14.0 Å². The first-order valence-corrected chi connectivity index (χ1v) is 7.61. The van der Waals surface area contributed by atoms with Crippen molar-refractivity contribution < 1.29 is 18.7 Å². The van der Waals surface area contributed by atoms with Gasteiger partial charge >= 0.3 is 6.16 Å². The minimum Gasteiger partial charge on any atom is -0.434 e. The molecule has 24 heavy (non-hydrogen) atoms. The van der Waals surface area contributed by atoms with Gasteiger partial charge in [-0.1, -0.05) is 6.07 Å².